The maximum Gasteiger partial charge on any atom is 0.163 e. The van der Waals surface area contributed by atoms with Crippen LogP contribution in [0.3, 0.4) is 0 Å². The lowest BCUT2D eigenvalue weighted by Crippen LogP contribution is -2.54. The van der Waals surface area contributed by atoms with Gasteiger partial charge in [0.2, 0.25) is 0 Å². The van der Waals surface area contributed by atoms with E-state index in [2.05, 4.69) is 0 Å². The maximum atomic E-state index is 5.95. The highest BCUT2D eigenvalue weighted by atomic mass is 16.8. The molecule has 0 amide bonds. The van der Waals surface area contributed by atoms with Gasteiger partial charge in [0.05, 0.1) is 12.2 Å². The standard InChI is InChI=1S/C13H22O5/c1-12(2)15-7-6-8-10(18-13(3,4)16-8)11(14-5)9(7)17-12/h7-11H,6H2,1-5H3/t7-,8+,9+,10-,11?. The normalized spacial score (nSPS) is 48.8. The van der Waals surface area contributed by atoms with Gasteiger partial charge in [0, 0.05) is 13.5 Å². The zero-order valence-corrected chi connectivity index (χ0v) is 11.6. The van der Waals surface area contributed by atoms with Crippen LogP contribution in [0, 0.1) is 0 Å². The molecule has 2 heterocycles. The fourth-order valence-electron chi connectivity index (χ4n) is 3.33. The van der Waals surface area contributed by atoms with E-state index in [1.165, 1.54) is 0 Å². The zero-order valence-electron chi connectivity index (χ0n) is 11.6. The van der Waals surface area contributed by atoms with E-state index in [0.717, 1.165) is 6.42 Å². The van der Waals surface area contributed by atoms with Gasteiger partial charge in [-0.25, -0.2) is 0 Å². The molecule has 5 nitrogen and oxygen atoms in total. The molecule has 2 aliphatic heterocycles. The molecule has 1 unspecified atom stereocenters. The quantitative estimate of drug-likeness (QED) is 0.712. The minimum atomic E-state index is -0.555. The number of ether oxygens (including phenoxy) is 5. The summed E-state index contributed by atoms with van der Waals surface area (Å²) in [7, 11) is 1.69. The van der Waals surface area contributed by atoms with Gasteiger partial charge in [-0.2, -0.15) is 0 Å². The van der Waals surface area contributed by atoms with Gasteiger partial charge < -0.3 is 23.7 Å². The average Bonchev–Trinajstić information content (AvgIpc) is 2.67. The fourth-order valence-corrected chi connectivity index (χ4v) is 3.33. The number of rotatable bonds is 1. The van der Waals surface area contributed by atoms with Crippen LogP contribution in [0.25, 0.3) is 0 Å². The highest BCUT2D eigenvalue weighted by Crippen LogP contribution is 2.44. The Morgan fingerprint density at radius 3 is 1.67 bits per heavy atom. The first-order valence-electron chi connectivity index (χ1n) is 6.55. The summed E-state index contributed by atoms with van der Waals surface area (Å²) in [4.78, 5) is 0. The summed E-state index contributed by atoms with van der Waals surface area (Å²) in [6.45, 7) is 7.72. The van der Waals surface area contributed by atoms with Gasteiger partial charge in [0.1, 0.15) is 18.3 Å². The van der Waals surface area contributed by atoms with Gasteiger partial charge in [0.15, 0.2) is 11.6 Å². The molecular weight excluding hydrogens is 236 g/mol. The van der Waals surface area contributed by atoms with E-state index >= 15 is 0 Å². The Morgan fingerprint density at radius 1 is 0.833 bits per heavy atom. The first-order chi connectivity index (χ1) is 8.31. The lowest BCUT2D eigenvalue weighted by molar-refractivity contribution is -0.183. The summed E-state index contributed by atoms with van der Waals surface area (Å²) in [6.07, 6.45) is 0.527. The Labute approximate surface area is 108 Å². The second-order valence-electron chi connectivity index (χ2n) is 6.21. The van der Waals surface area contributed by atoms with E-state index in [0.29, 0.717) is 0 Å². The minimum absolute atomic E-state index is 0.0173. The Hall–Kier alpha value is -0.200. The van der Waals surface area contributed by atoms with Crippen LogP contribution < -0.4 is 0 Å². The van der Waals surface area contributed by atoms with Crippen molar-refractivity contribution in [2.75, 3.05) is 7.11 Å². The summed E-state index contributed by atoms with van der Waals surface area (Å²) in [5, 5.41) is 0. The minimum Gasteiger partial charge on any atom is -0.376 e. The van der Waals surface area contributed by atoms with Crippen molar-refractivity contribution in [2.24, 2.45) is 0 Å². The van der Waals surface area contributed by atoms with Gasteiger partial charge in [-0.1, -0.05) is 0 Å². The smallest absolute Gasteiger partial charge is 0.163 e. The fraction of sp³-hybridized carbons (Fsp3) is 1.00. The molecule has 0 aromatic carbocycles. The predicted molar refractivity (Wildman–Crippen MR) is 63.1 cm³/mol. The molecule has 5 atom stereocenters. The van der Waals surface area contributed by atoms with E-state index in [9.17, 15) is 0 Å². The van der Waals surface area contributed by atoms with Crippen molar-refractivity contribution in [3.8, 4) is 0 Å². The Bertz CT molecular complexity index is 310. The van der Waals surface area contributed by atoms with E-state index in [-0.39, 0.29) is 30.5 Å². The molecule has 3 fully saturated rings. The van der Waals surface area contributed by atoms with Crippen molar-refractivity contribution in [1.29, 1.82) is 0 Å². The topological polar surface area (TPSA) is 46.2 Å². The van der Waals surface area contributed by atoms with Gasteiger partial charge in [0.25, 0.3) is 0 Å². The Morgan fingerprint density at radius 2 is 1.28 bits per heavy atom. The Kier molecular flexibility index (Phi) is 2.78. The highest BCUT2D eigenvalue weighted by Gasteiger charge is 2.58. The van der Waals surface area contributed by atoms with E-state index in [4.69, 9.17) is 23.7 Å². The number of hydrogen-bond donors (Lipinski definition) is 0. The molecule has 1 aliphatic carbocycles. The first kappa shape index (κ1) is 12.8. The first-order valence-corrected chi connectivity index (χ1v) is 6.55. The summed E-state index contributed by atoms with van der Waals surface area (Å²) < 4.78 is 29.3. The van der Waals surface area contributed by atoms with Crippen LogP contribution in [-0.4, -0.2) is 49.2 Å². The third-order valence-electron chi connectivity index (χ3n) is 3.83. The number of hydrogen-bond acceptors (Lipinski definition) is 5. The van der Waals surface area contributed by atoms with Crippen LogP contribution in [0.1, 0.15) is 34.1 Å². The van der Waals surface area contributed by atoms with Crippen molar-refractivity contribution < 1.29 is 23.7 Å². The SMILES string of the molecule is COC1[C@H]2OC(C)(C)O[C@@H]2C[C@@H]2OC(C)(C)O[C@@H]12. The monoisotopic (exact) mass is 258 g/mol. The van der Waals surface area contributed by atoms with Gasteiger partial charge in [-0.15, -0.1) is 0 Å². The zero-order chi connectivity index (χ0) is 13.1. The third-order valence-corrected chi connectivity index (χ3v) is 3.83. The van der Waals surface area contributed by atoms with Gasteiger partial charge >= 0.3 is 0 Å². The highest BCUT2D eigenvalue weighted by molar-refractivity contribution is 5.03. The van der Waals surface area contributed by atoms with Gasteiger partial charge in [-0.05, 0) is 27.7 Å². The van der Waals surface area contributed by atoms with Crippen molar-refractivity contribution in [1.82, 2.24) is 0 Å². The van der Waals surface area contributed by atoms with E-state index < -0.39 is 11.6 Å². The second-order valence-corrected chi connectivity index (χ2v) is 6.21. The summed E-state index contributed by atoms with van der Waals surface area (Å²) in [5.74, 6) is -1.11. The van der Waals surface area contributed by atoms with E-state index in [1.807, 2.05) is 27.7 Å². The van der Waals surface area contributed by atoms with Crippen LogP contribution in [0.4, 0.5) is 0 Å². The van der Waals surface area contributed by atoms with Gasteiger partial charge in [-0.3, -0.25) is 0 Å². The van der Waals surface area contributed by atoms with Crippen LogP contribution in [0.2, 0.25) is 0 Å². The molecular formula is C13H22O5. The van der Waals surface area contributed by atoms with Crippen LogP contribution in [0.15, 0.2) is 0 Å². The Balaban J connectivity index is 1.84. The van der Waals surface area contributed by atoms with E-state index in [1.54, 1.807) is 7.11 Å². The molecule has 104 valence electrons. The lowest BCUT2D eigenvalue weighted by Gasteiger charge is -2.36. The van der Waals surface area contributed by atoms with Crippen molar-refractivity contribution >= 4 is 0 Å². The molecule has 0 aromatic rings. The predicted octanol–water partition coefficient (Wildman–Crippen LogP) is 1.45. The average molecular weight is 258 g/mol. The number of methoxy groups -OCH3 is 1. The molecule has 0 spiro atoms. The summed E-state index contributed by atoms with van der Waals surface area (Å²) in [5.41, 5.74) is 0. The molecule has 0 bridgehead atoms. The molecule has 3 rings (SSSR count). The third kappa shape index (κ3) is 1.98. The molecule has 3 aliphatic rings. The number of fused-ring (bicyclic) bond motifs is 2. The molecule has 5 heteroatoms. The van der Waals surface area contributed by atoms with Crippen molar-refractivity contribution in [3.05, 3.63) is 0 Å². The lowest BCUT2D eigenvalue weighted by atomic mass is 9.87. The van der Waals surface area contributed by atoms with Crippen molar-refractivity contribution in [3.63, 3.8) is 0 Å². The maximum absolute atomic E-state index is 5.95. The van der Waals surface area contributed by atoms with Crippen LogP contribution in [0.5, 0.6) is 0 Å². The molecule has 0 radical (unpaired) electrons. The molecule has 2 saturated heterocycles. The molecule has 0 aromatic heterocycles. The molecule has 0 N–H and O–H groups in total. The van der Waals surface area contributed by atoms with Crippen molar-refractivity contribution in [2.45, 2.75) is 76.2 Å². The van der Waals surface area contributed by atoms with Crippen LogP contribution in [-0.2, 0) is 23.7 Å². The van der Waals surface area contributed by atoms with Crippen LogP contribution >= 0.6 is 0 Å². The molecule has 1 saturated carbocycles. The largest absolute Gasteiger partial charge is 0.376 e. The summed E-state index contributed by atoms with van der Waals surface area (Å²) in [6, 6.07) is 0. The summed E-state index contributed by atoms with van der Waals surface area (Å²) >= 11 is 0. The molecule has 18 heavy (non-hydrogen) atoms. The second kappa shape index (κ2) is 3.90.